The van der Waals surface area contributed by atoms with Gasteiger partial charge in [0.05, 0.1) is 18.1 Å². The van der Waals surface area contributed by atoms with Crippen molar-refractivity contribution in [3.8, 4) is 17.2 Å². The molecule has 138 valence electrons. The van der Waals surface area contributed by atoms with E-state index in [1.54, 1.807) is 12.0 Å². The van der Waals surface area contributed by atoms with Crippen LogP contribution in [0.1, 0.15) is 15.9 Å². The van der Waals surface area contributed by atoms with Gasteiger partial charge < -0.3 is 14.1 Å². The van der Waals surface area contributed by atoms with E-state index < -0.39 is 0 Å². The second kappa shape index (κ2) is 6.49. The third-order valence-electron chi connectivity index (χ3n) is 4.90. The van der Waals surface area contributed by atoms with Crippen LogP contribution in [-0.2, 0) is 6.54 Å². The number of hydrogen-bond acceptors (Lipinski definition) is 4. The Labute approximate surface area is 169 Å². The van der Waals surface area contributed by atoms with Gasteiger partial charge in [-0.2, -0.15) is 0 Å². The van der Waals surface area contributed by atoms with Crippen LogP contribution < -0.4 is 9.64 Å². The molecular weight excluding hydrogens is 420 g/mol. The number of carbonyl (C=O) groups is 1. The first-order chi connectivity index (χ1) is 13.6. The van der Waals surface area contributed by atoms with Crippen molar-refractivity contribution in [2.45, 2.75) is 6.54 Å². The Morgan fingerprint density at radius 1 is 1.11 bits per heavy atom. The summed E-state index contributed by atoms with van der Waals surface area (Å²) in [6, 6.07) is 19.0. The second-order valence-corrected chi connectivity index (χ2v) is 7.42. The monoisotopic (exact) mass is 434 g/mol. The summed E-state index contributed by atoms with van der Waals surface area (Å²) in [6.07, 6.45) is 0. The third-order valence-corrected chi connectivity index (χ3v) is 5.52. The van der Waals surface area contributed by atoms with Gasteiger partial charge in [0.25, 0.3) is 5.91 Å². The summed E-state index contributed by atoms with van der Waals surface area (Å²) in [4.78, 5) is 19.1. The molecule has 0 fully saturated rings. The lowest BCUT2D eigenvalue weighted by Crippen LogP contribution is -2.22. The molecule has 0 N–H and O–H groups in total. The van der Waals surface area contributed by atoms with Crippen molar-refractivity contribution in [1.29, 1.82) is 0 Å². The molecule has 1 aromatic heterocycles. The molecule has 5 nitrogen and oxygen atoms in total. The number of rotatable bonds is 3. The normalized spacial score (nSPS) is 13.2. The lowest BCUT2D eigenvalue weighted by atomic mass is 10.1. The molecule has 1 aliphatic rings. The zero-order valence-electron chi connectivity index (χ0n) is 15.0. The van der Waals surface area contributed by atoms with Crippen LogP contribution in [0.5, 0.6) is 5.75 Å². The molecule has 0 atom stereocenters. The molecule has 6 heteroatoms. The highest BCUT2D eigenvalue weighted by molar-refractivity contribution is 9.10. The predicted molar refractivity (Wildman–Crippen MR) is 111 cm³/mol. The summed E-state index contributed by atoms with van der Waals surface area (Å²) < 4.78 is 12.1. The number of halogens is 1. The van der Waals surface area contributed by atoms with Crippen LogP contribution in [0.15, 0.2) is 69.6 Å². The lowest BCUT2D eigenvalue weighted by molar-refractivity contribution is 0.0996. The maximum Gasteiger partial charge on any atom is 0.258 e. The molecule has 3 aromatic carbocycles. The summed E-state index contributed by atoms with van der Waals surface area (Å²) in [5.74, 6) is 1.27. The number of aromatic nitrogens is 1. The Bertz CT molecular complexity index is 1230. The van der Waals surface area contributed by atoms with E-state index in [2.05, 4.69) is 20.9 Å². The van der Waals surface area contributed by atoms with Gasteiger partial charge in [0.15, 0.2) is 5.58 Å². The standard InChI is InChI=1S/C22H15BrN2O3/c1-27-19-9-6-13(10-17(19)23)21-24-18-8-7-15(11-20(18)28-21)25-12-14-4-2-3-5-16(14)22(25)26/h2-11H,12H2,1H3. The van der Waals surface area contributed by atoms with E-state index in [0.29, 0.717) is 18.0 Å². The zero-order valence-corrected chi connectivity index (χ0v) is 16.6. The minimum atomic E-state index is 0.00812. The Hall–Kier alpha value is -3.12. The molecule has 4 aromatic rings. The molecule has 2 heterocycles. The van der Waals surface area contributed by atoms with Crippen molar-refractivity contribution in [2.75, 3.05) is 12.0 Å². The van der Waals surface area contributed by atoms with Gasteiger partial charge in [0, 0.05) is 22.9 Å². The number of hydrogen-bond donors (Lipinski definition) is 0. The molecule has 0 bridgehead atoms. The van der Waals surface area contributed by atoms with Crippen LogP contribution in [0.2, 0.25) is 0 Å². The van der Waals surface area contributed by atoms with Gasteiger partial charge in [0.2, 0.25) is 5.89 Å². The Morgan fingerprint density at radius 3 is 2.75 bits per heavy atom. The first kappa shape index (κ1) is 17.0. The van der Waals surface area contributed by atoms with Crippen molar-refractivity contribution in [3.05, 3.63) is 76.3 Å². The maximum absolute atomic E-state index is 12.7. The van der Waals surface area contributed by atoms with E-state index in [4.69, 9.17) is 9.15 Å². The van der Waals surface area contributed by atoms with E-state index in [1.807, 2.05) is 60.7 Å². The highest BCUT2D eigenvalue weighted by Crippen LogP contribution is 2.34. The Morgan fingerprint density at radius 2 is 1.96 bits per heavy atom. The minimum Gasteiger partial charge on any atom is -0.496 e. The number of anilines is 1. The number of benzene rings is 3. The van der Waals surface area contributed by atoms with E-state index in [0.717, 1.165) is 38.1 Å². The van der Waals surface area contributed by atoms with E-state index in [1.165, 1.54) is 0 Å². The largest absolute Gasteiger partial charge is 0.496 e. The molecular formula is C22H15BrN2O3. The molecule has 0 spiro atoms. The van der Waals surface area contributed by atoms with Crippen molar-refractivity contribution < 1.29 is 13.9 Å². The highest BCUT2D eigenvalue weighted by Gasteiger charge is 2.28. The van der Waals surface area contributed by atoms with Crippen LogP contribution in [0.25, 0.3) is 22.6 Å². The Kier molecular flexibility index (Phi) is 3.94. The van der Waals surface area contributed by atoms with Crippen molar-refractivity contribution in [1.82, 2.24) is 4.98 Å². The number of methoxy groups -OCH3 is 1. The maximum atomic E-state index is 12.7. The first-order valence-corrected chi connectivity index (χ1v) is 9.57. The number of ether oxygens (including phenoxy) is 1. The highest BCUT2D eigenvalue weighted by atomic mass is 79.9. The molecule has 1 aliphatic heterocycles. The van der Waals surface area contributed by atoms with Crippen LogP contribution in [0, 0.1) is 0 Å². The van der Waals surface area contributed by atoms with Gasteiger partial charge in [-0.15, -0.1) is 0 Å². The second-order valence-electron chi connectivity index (χ2n) is 6.57. The number of fused-ring (bicyclic) bond motifs is 2. The lowest BCUT2D eigenvalue weighted by Gasteiger charge is -2.15. The summed E-state index contributed by atoms with van der Waals surface area (Å²) in [6.45, 7) is 0.562. The number of amides is 1. The summed E-state index contributed by atoms with van der Waals surface area (Å²) in [7, 11) is 1.62. The number of carbonyl (C=O) groups excluding carboxylic acids is 1. The summed E-state index contributed by atoms with van der Waals surface area (Å²) in [5.41, 5.74) is 4.82. The smallest absolute Gasteiger partial charge is 0.258 e. The number of oxazole rings is 1. The van der Waals surface area contributed by atoms with Gasteiger partial charge in [-0.25, -0.2) is 4.98 Å². The molecule has 5 rings (SSSR count). The molecule has 0 saturated carbocycles. The molecule has 1 amide bonds. The van der Waals surface area contributed by atoms with Crippen LogP contribution in [-0.4, -0.2) is 18.0 Å². The Balaban J connectivity index is 1.51. The van der Waals surface area contributed by atoms with Crippen molar-refractivity contribution >= 4 is 38.6 Å². The van der Waals surface area contributed by atoms with Crippen molar-refractivity contribution in [3.63, 3.8) is 0 Å². The quantitative estimate of drug-likeness (QED) is 0.431. The first-order valence-electron chi connectivity index (χ1n) is 8.78. The van der Waals surface area contributed by atoms with Gasteiger partial charge in [-0.3, -0.25) is 4.79 Å². The molecule has 0 unspecified atom stereocenters. The topological polar surface area (TPSA) is 55.6 Å². The van der Waals surface area contributed by atoms with Crippen molar-refractivity contribution in [2.24, 2.45) is 0 Å². The molecule has 0 saturated heterocycles. The minimum absolute atomic E-state index is 0.00812. The average molecular weight is 435 g/mol. The number of nitrogens with zero attached hydrogens (tertiary/aromatic N) is 2. The van der Waals surface area contributed by atoms with E-state index in [-0.39, 0.29) is 5.91 Å². The van der Waals surface area contributed by atoms with Crippen LogP contribution in [0.3, 0.4) is 0 Å². The van der Waals surface area contributed by atoms with E-state index in [9.17, 15) is 4.79 Å². The SMILES string of the molecule is COc1ccc(-c2nc3ccc(N4Cc5ccccc5C4=O)cc3o2)cc1Br. The average Bonchev–Trinajstić information content (AvgIpc) is 3.29. The molecule has 0 aliphatic carbocycles. The fraction of sp³-hybridized carbons (Fsp3) is 0.0909. The van der Waals surface area contributed by atoms with E-state index >= 15 is 0 Å². The van der Waals surface area contributed by atoms with Crippen LogP contribution >= 0.6 is 15.9 Å². The molecule has 28 heavy (non-hydrogen) atoms. The van der Waals surface area contributed by atoms with Gasteiger partial charge in [-0.05, 0) is 57.9 Å². The fourth-order valence-corrected chi connectivity index (χ4v) is 4.01. The summed E-state index contributed by atoms with van der Waals surface area (Å²) in [5, 5.41) is 0. The fourth-order valence-electron chi connectivity index (χ4n) is 3.47. The van der Waals surface area contributed by atoms with Gasteiger partial charge in [-0.1, -0.05) is 18.2 Å². The zero-order chi connectivity index (χ0) is 19.3. The third kappa shape index (κ3) is 2.68. The van der Waals surface area contributed by atoms with Crippen LogP contribution in [0.4, 0.5) is 5.69 Å². The van der Waals surface area contributed by atoms with Gasteiger partial charge in [0.1, 0.15) is 11.3 Å². The summed E-state index contributed by atoms with van der Waals surface area (Å²) >= 11 is 3.49. The molecule has 0 radical (unpaired) electrons. The predicted octanol–water partition coefficient (Wildman–Crippen LogP) is 5.43. The van der Waals surface area contributed by atoms with Gasteiger partial charge >= 0.3 is 0 Å².